The maximum Gasteiger partial charge on any atom is 0.514 e. The molecule has 2 aromatic rings. The lowest BCUT2D eigenvalue weighted by molar-refractivity contribution is -0.929. The molecule has 0 aliphatic carbocycles. The molecule has 2 aliphatic heterocycles. The van der Waals surface area contributed by atoms with E-state index in [1.807, 2.05) is 39.8 Å². The summed E-state index contributed by atoms with van der Waals surface area (Å²) < 4.78 is 33.8. The molecule has 2 atom stereocenters. The van der Waals surface area contributed by atoms with Gasteiger partial charge in [0.1, 0.15) is 28.8 Å². The highest BCUT2D eigenvalue weighted by Gasteiger charge is 2.54. The molecule has 1 unspecified atom stereocenters. The third-order valence-electron chi connectivity index (χ3n) is 7.56. The Balaban J connectivity index is 1.37. The molecule has 0 saturated carbocycles. The van der Waals surface area contributed by atoms with E-state index in [9.17, 15) is 18.3 Å². The van der Waals surface area contributed by atoms with Crippen LogP contribution in [0.25, 0.3) is 0 Å². The number of anilines is 2. The number of piperazine rings is 1. The molecule has 3 heterocycles. The van der Waals surface area contributed by atoms with E-state index in [0.717, 1.165) is 24.5 Å². The molecule has 2 saturated heterocycles. The molecule has 4 rings (SSSR count). The van der Waals surface area contributed by atoms with Gasteiger partial charge >= 0.3 is 6.09 Å². The van der Waals surface area contributed by atoms with Gasteiger partial charge in [0.2, 0.25) is 0 Å². The van der Waals surface area contributed by atoms with E-state index in [4.69, 9.17) is 4.74 Å². The number of benzene rings is 1. The van der Waals surface area contributed by atoms with Crippen molar-refractivity contribution < 1.29 is 27.5 Å². The summed E-state index contributed by atoms with van der Waals surface area (Å²) >= 11 is 0. The summed E-state index contributed by atoms with van der Waals surface area (Å²) in [5, 5.41) is 10.0. The van der Waals surface area contributed by atoms with Gasteiger partial charge in [-0.15, -0.1) is 0 Å². The lowest BCUT2D eigenvalue weighted by atomic mass is 9.95. The van der Waals surface area contributed by atoms with Crippen LogP contribution >= 0.6 is 0 Å². The van der Waals surface area contributed by atoms with Gasteiger partial charge in [0.15, 0.2) is 0 Å². The first-order valence-electron chi connectivity index (χ1n) is 12.7. The molecule has 2 fully saturated rings. The molecule has 1 aromatic heterocycles. The first kappa shape index (κ1) is 27.3. The first-order chi connectivity index (χ1) is 17.4. The number of sulfonamides is 1. The molecule has 37 heavy (non-hydrogen) atoms. The number of ether oxygens (including phenoxy) is 1. The minimum absolute atomic E-state index is 0.0481. The molecule has 10 nitrogen and oxygen atoms in total. The summed E-state index contributed by atoms with van der Waals surface area (Å²) in [7, 11) is -3.77. The number of morpholine rings is 1. The van der Waals surface area contributed by atoms with Crippen molar-refractivity contribution >= 4 is 27.6 Å². The van der Waals surface area contributed by atoms with Crippen LogP contribution in [-0.4, -0.2) is 91.5 Å². The highest BCUT2D eigenvalue weighted by molar-refractivity contribution is 7.92. The molecule has 0 spiro atoms. The number of nitrogens with one attached hydrogen (secondary N) is 1. The molecule has 11 heteroatoms. The molecule has 1 aromatic carbocycles. The van der Waals surface area contributed by atoms with Crippen LogP contribution in [0, 0.1) is 0 Å². The molecule has 1 amide bonds. The van der Waals surface area contributed by atoms with E-state index in [-0.39, 0.29) is 15.4 Å². The molecular weight excluding hydrogens is 494 g/mol. The standard InChI is InChI=1S/C26H37N5O5S/c1-20-18-29(11-14-31(20,25(32)33)26(2,3)4)19-21-5-7-22(8-6-21)28-37(34,35)23-9-10-24(27-17-23)30-12-15-36-16-13-30/h5-10,17,20,28H,11-16,18-19H2,1-4H3/p+1/t20-,31?/m0/s1. The van der Waals surface area contributed by atoms with E-state index in [1.54, 1.807) is 24.3 Å². The lowest BCUT2D eigenvalue weighted by Crippen LogP contribution is -2.73. The monoisotopic (exact) mass is 532 g/mol. The third-order valence-corrected chi connectivity index (χ3v) is 8.93. The topological polar surface area (TPSA) is 112 Å². The predicted octanol–water partition coefficient (Wildman–Crippen LogP) is 3.22. The Bertz CT molecular complexity index is 1190. The average Bonchev–Trinajstić information content (AvgIpc) is 2.85. The second kappa shape index (κ2) is 10.6. The predicted molar refractivity (Wildman–Crippen MR) is 142 cm³/mol. The Morgan fingerprint density at radius 1 is 1.14 bits per heavy atom. The Morgan fingerprint density at radius 2 is 1.81 bits per heavy atom. The van der Waals surface area contributed by atoms with E-state index >= 15 is 0 Å². The van der Waals surface area contributed by atoms with Gasteiger partial charge in [-0.25, -0.2) is 17.9 Å². The number of aromatic nitrogens is 1. The zero-order valence-corrected chi connectivity index (χ0v) is 22.9. The van der Waals surface area contributed by atoms with Crippen LogP contribution in [0.4, 0.5) is 16.3 Å². The molecule has 2 N–H and O–H groups in total. The van der Waals surface area contributed by atoms with Gasteiger partial charge in [-0.05, 0) is 57.5 Å². The molecule has 0 bridgehead atoms. The largest absolute Gasteiger partial charge is 0.514 e. The SMILES string of the molecule is C[C@H]1CN(Cc2ccc(NS(=O)(=O)c3ccc(N4CCOCC4)nc3)cc2)CC[N+]1(C(=O)O)C(C)(C)C. The number of hydrogen-bond donors (Lipinski definition) is 2. The van der Waals surface area contributed by atoms with Crippen LogP contribution in [0.15, 0.2) is 47.5 Å². The Hall–Kier alpha value is -2.73. The van der Waals surface area contributed by atoms with Crippen molar-refractivity contribution in [1.82, 2.24) is 9.88 Å². The van der Waals surface area contributed by atoms with Gasteiger partial charge in [-0.2, -0.15) is 4.79 Å². The number of quaternary nitrogens is 1. The number of amides is 1. The maximum absolute atomic E-state index is 12.9. The third kappa shape index (κ3) is 5.74. The molecule has 2 aliphatic rings. The summed E-state index contributed by atoms with van der Waals surface area (Å²) in [6.45, 7) is 13.3. The highest BCUT2D eigenvalue weighted by Crippen LogP contribution is 2.32. The summed E-state index contributed by atoms with van der Waals surface area (Å²) in [6, 6.07) is 10.5. The zero-order valence-electron chi connectivity index (χ0n) is 22.1. The van der Waals surface area contributed by atoms with Crippen molar-refractivity contribution in [2.75, 3.05) is 55.6 Å². The van der Waals surface area contributed by atoms with Crippen LogP contribution in [0.5, 0.6) is 0 Å². The van der Waals surface area contributed by atoms with Crippen molar-refractivity contribution in [2.45, 2.75) is 50.7 Å². The van der Waals surface area contributed by atoms with Crippen LogP contribution in [0.3, 0.4) is 0 Å². The summed E-state index contributed by atoms with van der Waals surface area (Å²) in [4.78, 5) is 21.0. The second-order valence-electron chi connectivity index (χ2n) is 10.9. The smallest absolute Gasteiger partial charge is 0.435 e. The van der Waals surface area contributed by atoms with Crippen LogP contribution in [0.1, 0.15) is 33.3 Å². The fourth-order valence-corrected chi connectivity index (χ4v) is 6.50. The van der Waals surface area contributed by atoms with Crippen molar-refractivity contribution in [3.8, 4) is 0 Å². The normalized spacial score (nSPS) is 23.6. The second-order valence-corrected chi connectivity index (χ2v) is 12.6. The number of carboxylic acid groups (broad SMARTS) is 1. The Kier molecular flexibility index (Phi) is 7.80. The number of pyridine rings is 1. The minimum Gasteiger partial charge on any atom is -0.435 e. The van der Waals surface area contributed by atoms with Crippen LogP contribution < -0.4 is 9.62 Å². The number of rotatable bonds is 6. The quantitative estimate of drug-likeness (QED) is 0.546. The summed E-state index contributed by atoms with van der Waals surface area (Å²) in [6.07, 6.45) is 0.606. The van der Waals surface area contributed by atoms with E-state index < -0.39 is 21.7 Å². The average molecular weight is 533 g/mol. The summed E-state index contributed by atoms with van der Waals surface area (Å²) in [5.74, 6) is 0.737. The summed E-state index contributed by atoms with van der Waals surface area (Å²) in [5.41, 5.74) is 1.12. The van der Waals surface area contributed by atoms with Gasteiger partial charge < -0.3 is 14.7 Å². The number of carbonyl (C=O) groups is 1. The van der Waals surface area contributed by atoms with E-state index in [1.165, 1.54) is 6.20 Å². The fourth-order valence-electron chi connectivity index (χ4n) is 5.50. The van der Waals surface area contributed by atoms with Gasteiger partial charge in [-0.1, -0.05) is 12.1 Å². The Labute approximate surface area is 219 Å². The highest BCUT2D eigenvalue weighted by atomic mass is 32.2. The fraction of sp³-hybridized carbons (Fsp3) is 0.538. The van der Waals surface area contributed by atoms with E-state index in [2.05, 4.69) is 19.5 Å². The van der Waals surface area contributed by atoms with Crippen molar-refractivity contribution in [3.63, 3.8) is 0 Å². The van der Waals surface area contributed by atoms with Gasteiger partial charge in [0, 0.05) is 38.1 Å². The number of nitrogens with zero attached hydrogens (tertiary/aromatic N) is 4. The van der Waals surface area contributed by atoms with Crippen molar-refractivity contribution in [1.29, 1.82) is 0 Å². The van der Waals surface area contributed by atoms with Gasteiger partial charge in [-0.3, -0.25) is 9.62 Å². The first-order valence-corrected chi connectivity index (χ1v) is 14.1. The lowest BCUT2D eigenvalue weighted by Gasteiger charge is -2.52. The van der Waals surface area contributed by atoms with Gasteiger partial charge in [0.25, 0.3) is 10.0 Å². The maximum atomic E-state index is 12.9. The molecule has 202 valence electrons. The van der Waals surface area contributed by atoms with Crippen molar-refractivity contribution in [3.05, 3.63) is 48.2 Å². The molecular formula is C26H38N5O5S+. The van der Waals surface area contributed by atoms with E-state index in [0.29, 0.717) is 45.1 Å². The number of hydrogen-bond acceptors (Lipinski definition) is 7. The van der Waals surface area contributed by atoms with Gasteiger partial charge in [0.05, 0.1) is 19.8 Å². The van der Waals surface area contributed by atoms with Crippen LogP contribution in [0.2, 0.25) is 0 Å². The Morgan fingerprint density at radius 3 is 2.35 bits per heavy atom. The molecule has 0 radical (unpaired) electrons. The minimum atomic E-state index is -3.77. The van der Waals surface area contributed by atoms with Crippen LogP contribution in [-0.2, 0) is 21.3 Å². The zero-order chi connectivity index (χ0) is 26.8. The van der Waals surface area contributed by atoms with Crippen molar-refractivity contribution in [2.24, 2.45) is 0 Å².